The number of rotatable bonds is 4. The molecule has 0 bridgehead atoms. The fourth-order valence-corrected chi connectivity index (χ4v) is 3.54. The van der Waals surface area contributed by atoms with Gasteiger partial charge in [-0.2, -0.15) is 9.78 Å². The van der Waals surface area contributed by atoms with Crippen LogP contribution in [0.25, 0.3) is 16.8 Å². The Morgan fingerprint density at radius 2 is 1.90 bits per heavy atom. The minimum absolute atomic E-state index is 0. The molecule has 0 fully saturated rings. The van der Waals surface area contributed by atoms with Gasteiger partial charge in [-0.1, -0.05) is 6.07 Å². The molecule has 0 saturated heterocycles. The number of hydrogen-bond donors (Lipinski definition) is 0. The molecule has 1 aromatic carbocycles. The maximum atomic E-state index is 13.7. The van der Waals surface area contributed by atoms with Gasteiger partial charge < -0.3 is 9.64 Å². The number of amides is 1. The van der Waals surface area contributed by atoms with E-state index >= 15 is 0 Å². The Kier molecular flexibility index (Phi) is 6.17. The summed E-state index contributed by atoms with van der Waals surface area (Å²) in [6.45, 7) is 4.89. The van der Waals surface area contributed by atoms with E-state index in [1.54, 1.807) is 40.2 Å². The van der Waals surface area contributed by atoms with E-state index in [2.05, 4.69) is 4.98 Å². The summed E-state index contributed by atoms with van der Waals surface area (Å²) >= 11 is 0. The van der Waals surface area contributed by atoms with E-state index in [1.807, 2.05) is 13.8 Å². The SMILES string of the molecule is CCN(CC)C(=O)Oc1c2c(nn1-c1ccncc1)CCc1cc(F)ccc1-2.Cl. The van der Waals surface area contributed by atoms with Crippen molar-refractivity contribution in [1.29, 1.82) is 0 Å². The van der Waals surface area contributed by atoms with E-state index in [9.17, 15) is 9.18 Å². The van der Waals surface area contributed by atoms with E-state index in [4.69, 9.17) is 9.84 Å². The summed E-state index contributed by atoms with van der Waals surface area (Å²) in [5, 5.41) is 4.71. The van der Waals surface area contributed by atoms with Gasteiger partial charge in [-0.25, -0.2) is 9.18 Å². The van der Waals surface area contributed by atoms with Crippen LogP contribution in [-0.2, 0) is 12.8 Å². The Morgan fingerprint density at radius 1 is 1.17 bits per heavy atom. The van der Waals surface area contributed by atoms with Crippen molar-refractivity contribution >= 4 is 18.5 Å². The average Bonchev–Trinajstić information content (AvgIpc) is 3.08. The van der Waals surface area contributed by atoms with Crippen molar-refractivity contribution in [2.75, 3.05) is 13.1 Å². The van der Waals surface area contributed by atoms with Crippen LogP contribution in [0.4, 0.5) is 9.18 Å². The highest BCUT2D eigenvalue weighted by molar-refractivity contribution is 5.85. The number of aryl methyl sites for hydroxylation is 2. The van der Waals surface area contributed by atoms with E-state index < -0.39 is 6.09 Å². The van der Waals surface area contributed by atoms with Gasteiger partial charge in [0.05, 0.1) is 16.9 Å². The molecule has 2 aromatic heterocycles. The summed E-state index contributed by atoms with van der Waals surface area (Å²) in [6.07, 6.45) is 4.23. The number of ether oxygens (including phenoxy) is 1. The lowest BCUT2D eigenvalue weighted by molar-refractivity contribution is 0.154. The fraction of sp³-hybridized carbons (Fsp3) is 0.286. The first-order chi connectivity index (χ1) is 13.6. The molecule has 29 heavy (non-hydrogen) atoms. The van der Waals surface area contributed by atoms with Crippen LogP contribution in [0.1, 0.15) is 25.1 Å². The van der Waals surface area contributed by atoms with Gasteiger partial charge in [0.1, 0.15) is 5.82 Å². The molecule has 0 saturated carbocycles. The van der Waals surface area contributed by atoms with Crippen LogP contribution < -0.4 is 4.74 Å². The van der Waals surface area contributed by atoms with Gasteiger partial charge in [-0.15, -0.1) is 12.4 Å². The highest BCUT2D eigenvalue weighted by atomic mass is 35.5. The van der Waals surface area contributed by atoms with Gasteiger partial charge in [0, 0.05) is 25.5 Å². The molecule has 0 unspecified atom stereocenters. The normalized spacial score (nSPS) is 11.8. The number of aromatic nitrogens is 3. The van der Waals surface area contributed by atoms with Gasteiger partial charge >= 0.3 is 6.09 Å². The first kappa shape index (κ1) is 20.8. The molecule has 8 heteroatoms. The number of nitrogens with zero attached hydrogens (tertiary/aromatic N) is 4. The van der Waals surface area contributed by atoms with Crippen molar-refractivity contribution in [2.24, 2.45) is 0 Å². The Bertz CT molecular complexity index is 1020. The topological polar surface area (TPSA) is 60.3 Å². The molecule has 0 spiro atoms. The smallest absolute Gasteiger partial charge is 0.390 e. The Balaban J connectivity index is 0.00000240. The third-order valence-corrected chi connectivity index (χ3v) is 5.00. The molecule has 0 N–H and O–H groups in total. The number of pyridine rings is 1. The van der Waals surface area contributed by atoms with E-state index in [0.29, 0.717) is 31.8 Å². The standard InChI is InChI=1S/C21H21FN4O2.ClH/c1-3-25(4-2)21(27)28-20-19-17-7-6-15(22)13-14(17)5-8-18(19)24-26(20)16-9-11-23-12-10-16;/h6-7,9-13H,3-5,8H2,1-2H3;1H. The molecular formula is C21H22ClFN4O2. The Labute approximate surface area is 174 Å². The fourth-order valence-electron chi connectivity index (χ4n) is 3.54. The zero-order valence-corrected chi connectivity index (χ0v) is 17.1. The molecule has 2 heterocycles. The minimum atomic E-state index is -0.433. The zero-order valence-electron chi connectivity index (χ0n) is 16.3. The molecule has 1 amide bonds. The molecule has 0 atom stereocenters. The predicted octanol–water partition coefficient (Wildman–Crippen LogP) is 4.43. The second-order valence-electron chi connectivity index (χ2n) is 6.59. The van der Waals surface area contributed by atoms with E-state index in [1.165, 1.54) is 12.1 Å². The molecule has 3 aromatic rings. The largest absolute Gasteiger partial charge is 0.416 e. The second-order valence-corrected chi connectivity index (χ2v) is 6.59. The van der Waals surface area contributed by atoms with Crippen molar-refractivity contribution in [2.45, 2.75) is 26.7 Å². The first-order valence-corrected chi connectivity index (χ1v) is 9.40. The number of fused-ring (bicyclic) bond motifs is 3. The summed E-state index contributed by atoms with van der Waals surface area (Å²) in [5.74, 6) is 0.0797. The number of benzene rings is 1. The van der Waals surface area contributed by atoms with Crippen molar-refractivity contribution in [1.82, 2.24) is 19.7 Å². The first-order valence-electron chi connectivity index (χ1n) is 9.40. The predicted molar refractivity (Wildman–Crippen MR) is 110 cm³/mol. The third kappa shape index (κ3) is 3.82. The monoisotopic (exact) mass is 416 g/mol. The van der Waals surface area contributed by atoms with Gasteiger partial charge in [0.2, 0.25) is 5.88 Å². The van der Waals surface area contributed by atoms with Crippen LogP contribution in [0.2, 0.25) is 0 Å². The quantitative estimate of drug-likeness (QED) is 0.631. The molecule has 1 aliphatic carbocycles. The molecule has 0 aliphatic heterocycles. The van der Waals surface area contributed by atoms with Crippen molar-refractivity contribution < 1.29 is 13.9 Å². The Hall–Kier alpha value is -2.93. The van der Waals surface area contributed by atoms with E-state index in [-0.39, 0.29) is 18.2 Å². The summed E-state index contributed by atoms with van der Waals surface area (Å²) in [6, 6.07) is 8.30. The lowest BCUT2D eigenvalue weighted by atomic mass is 9.89. The van der Waals surface area contributed by atoms with Gasteiger partial charge in [0.25, 0.3) is 0 Å². The third-order valence-electron chi connectivity index (χ3n) is 5.00. The summed E-state index contributed by atoms with van der Waals surface area (Å²) in [4.78, 5) is 18.3. The van der Waals surface area contributed by atoms with Gasteiger partial charge in [0.15, 0.2) is 0 Å². The number of halogens is 2. The lowest BCUT2D eigenvalue weighted by Crippen LogP contribution is -2.33. The van der Waals surface area contributed by atoms with Gasteiger partial charge in [-0.3, -0.25) is 4.98 Å². The minimum Gasteiger partial charge on any atom is -0.390 e. The summed E-state index contributed by atoms with van der Waals surface area (Å²) in [7, 11) is 0. The molecule has 0 radical (unpaired) electrons. The Morgan fingerprint density at radius 3 is 2.59 bits per heavy atom. The number of hydrogen-bond acceptors (Lipinski definition) is 4. The highest BCUT2D eigenvalue weighted by Gasteiger charge is 2.29. The van der Waals surface area contributed by atoms with Crippen LogP contribution in [0.5, 0.6) is 5.88 Å². The number of carbonyl (C=O) groups is 1. The summed E-state index contributed by atoms with van der Waals surface area (Å²) in [5.41, 5.74) is 4.07. The van der Waals surface area contributed by atoms with Crippen LogP contribution in [0.3, 0.4) is 0 Å². The molecule has 4 rings (SSSR count). The highest BCUT2D eigenvalue weighted by Crippen LogP contribution is 2.41. The second kappa shape index (κ2) is 8.61. The lowest BCUT2D eigenvalue weighted by Gasteiger charge is -2.20. The van der Waals surface area contributed by atoms with E-state index in [0.717, 1.165) is 28.1 Å². The van der Waals surface area contributed by atoms with Crippen LogP contribution in [-0.4, -0.2) is 38.8 Å². The van der Waals surface area contributed by atoms with Crippen molar-refractivity contribution in [3.05, 3.63) is 59.8 Å². The number of carbonyl (C=O) groups excluding carboxylic acids is 1. The molecule has 152 valence electrons. The molecule has 6 nitrogen and oxygen atoms in total. The summed E-state index contributed by atoms with van der Waals surface area (Å²) < 4.78 is 21.2. The molecular weight excluding hydrogens is 395 g/mol. The van der Waals surface area contributed by atoms with Crippen LogP contribution in [0.15, 0.2) is 42.7 Å². The molecule has 1 aliphatic rings. The van der Waals surface area contributed by atoms with Crippen molar-refractivity contribution in [3.63, 3.8) is 0 Å². The zero-order chi connectivity index (χ0) is 19.7. The van der Waals surface area contributed by atoms with Gasteiger partial charge in [-0.05, 0) is 62.1 Å². The van der Waals surface area contributed by atoms with Crippen molar-refractivity contribution in [3.8, 4) is 22.7 Å². The van der Waals surface area contributed by atoms with Crippen LogP contribution in [0, 0.1) is 5.82 Å². The average molecular weight is 417 g/mol. The maximum absolute atomic E-state index is 13.7. The van der Waals surface area contributed by atoms with Crippen LogP contribution >= 0.6 is 12.4 Å². The maximum Gasteiger partial charge on any atom is 0.416 e.